The molecule has 2 aliphatic rings. The van der Waals surface area contributed by atoms with E-state index in [2.05, 4.69) is 30.8 Å². The molecule has 0 aromatic carbocycles. The molecule has 0 radical (unpaired) electrons. The minimum absolute atomic E-state index is 0.181. The van der Waals surface area contributed by atoms with Crippen LogP contribution in [0.5, 0.6) is 5.88 Å². The Morgan fingerprint density at radius 2 is 2.04 bits per heavy atom. The summed E-state index contributed by atoms with van der Waals surface area (Å²) in [5.41, 5.74) is 1.36. The van der Waals surface area contributed by atoms with E-state index in [9.17, 15) is 0 Å². The van der Waals surface area contributed by atoms with Crippen molar-refractivity contribution in [1.29, 1.82) is 0 Å². The number of piperidine rings is 1. The Kier molecular flexibility index (Phi) is 4.88. The molecule has 0 saturated carbocycles. The van der Waals surface area contributed by atoms with Crippen LogP contribution in [0.2, 0.25) is 0 Å². The zero-order valence-corrected chi connectivity index (χ0v) is 15.2. The Bertz CT molecular complexity index is 719. The van der Waals surface area contributed by atoms with Gasteiger partial charge in [0.25, 0.3) is 0 Å². The van der Waals surface area contributed by atoms with Crippen molar-refractivity contribution in [2.45, 2.75) is 12.8 Å². The lowest BCUT2D eigenvalue weighted by Gasteiger charge is -2.43. The van der Waals surface area contributed by atoms with Crippen molar-refractivity contribution in [1.82, 2.24) is 15.0 Å². The third-order valence-corrected chi connectivity index (χ3v) is 5.44. The molecule has 0 N–H and O–H groups in total. The standard InChI is InChI=1S/C19H25N5O2/c1-25-18-11-17(21-15-22-18)23-7-4-19(5-8-23)13-24(9-10-26-14-19)16-3-2-6-20-12-16/h2-3,6,11-12,15H,4-5,7-10,13-14H2,1H3. The minimum Gasteiger partial charge on any atom is -0.481 e. The first kappa shape index (κ1) is 17.0. The Morgan fingerprint density at radius 1 is 1.15 bits per heavy atom. The molecule has 4 rings (SSSR count). The van der Waals surface area contributed by atoms with Gasteiger partial charge in [0.1, 0.15) is 12.1 Å². The minimum atomic E-state index is 0.181. The topological polar surface area (TPSA) is 63.6 Å². The number of nitrogens with zero attached hydrogens (tertiary/aromatic N) is 5. The number of aromatic nitrogens is 3. The van der Waals surface area contributed by atoms with E-state index in [0.717, 1.165) is 58.1 Å². The van der Waals surface area contributed by atoms with Gasteiger partial charge in [-0.25, -0.2) is 9.97 Å². The quantitative estimate of drug-likeness (QED) is 0.834. The highest BCUT2D eigenvalue weighted by molar-refractivity contribution is 5.45. The zero-order valence-electron chi connectivity index (χ0n) is 15.2. The van der Waals surface area contributed by atoms with Gasteiger partial charge in [0.15, 0.2) is 0 Å². The van der Waals surface area contributed by atoms with E-state index in [4.69, 9.17) is 9.47 Å². The average Bonchev–Trinajstić information content (AvgIpc) is 2.92. The molecule has 2 fully saturated rings. The number of pyridine rings is 1. The molecule has 0 aliphatic carbocycles. The van der Waals surface area contributed by atoms with Crippen LogP contribution < -0.4 is 14.5 Å². The molecular weight excluding hydrogens is 330 g/mol. The molecule has 7 nitrogen and oxygen atoms in total. The number of rotatable bonds is 3. The first-order valence-electron chi connectivity index (χ1n) is 9.12. The normalized spacial score (nSPS) is 20.0. The third-order valence-electron chi connectivity index (χ3n) is 5.44. The number of hydrogen-bond acceptors (Lipinski definition) is 7. The van der Waals surface area contributed by atoms with E-state index in [-0.39, 0.29) is 5.41 Å². The monoisotopic (exact) mass is 355 g/mol. The van der Waals surface area contributed by atoms with Crippen LogP contribution in [0.1, 0.15) is 12.8 Å². The summed E-state index contributed by atoms with van der Waals surface area (Å²) in [4.78, 5) is 17.5. The van der Waals surface area contributed by atoms with Gasteiger partial charge in [-0.05, 0) is 25.0 Å². The molecule has 4 heterocycles. The van der Waals surface area contributed by atoms with E-state index < -0.39 is 0 Å². The number of anilines is 2. The van der Waals surface area contributed by atoms with Crippen molar-refractivity contribution in [2.24, 2.45) is 5.41 Å². The van der Waals surface area contributed by atoms with E-state index in [1.807, 2.05) is 24.5 Å². The maximum absolute atomic E-state index is 5.99. The van der Waals surface area contributed by atoms with Gasteiger partial charge in [0, 0.05) is 43.9 Å². The van der Waals surface area contributed by atoms with Crippen molar-refractivity contribution < 1.29 is 9.47 Å². The van der Waals surface area contributed by atoms with E-state index in [1.165, 1.54) is 5.69 Å². The first-order chi connectivity index (χ1) is 12.8. The van der Waals surface area contributed by atoms with Crippen molar-refractivity contribution in [3.63, 3.8) is 0 Å². The molecule has 7 heteroatoms. The molecule has 1 spiro atoms. The summed E-state index contributed by atoms with van der Waals surface area (Å²) in [6.45, 7) is 5.45. The molecule has 0 amide bonds. The third kappa shape index (κ3) is 3.58. The lowest BCUT2D eigenvalue weighted by Crippen LogP contribution is -2.47. The van der Waals surface area contributed by atoms with Gasteiger partial charge < -0.3 is 19.3 Å². The molecule has 2 aromatic heterocycles. The van der Waals surface area contributed by atoms with Gasteiger partial charge >= 0.3 is 0 Å². The Morgan fingerprint density at radius 3 is 2.81 bits per heavy atom. The fourth-order valence-electron chi connectivity index (χ4n) is 3.88. The van der Waals surface area contributed by atoms with Gasteiger partial charge in [-0.2, -0.15) is 0 Å². The molecule has 2 aromatic rings. The Hall–Kier alpha value is -2.41. The summed E-state index contributed by atoms with van der Waals surface area (Å²) in [6.07, 6.45) is 7.49. The van der Waals surface area contributed by atoms with Crippen molar-refractivity contribution in [2.75, 3.05) is 56.3 Å². The maximum atomic E-state index is 5.99. The average molecular weight is 355 g/mol. The number of hydrogen-bond donors (Lipinski definition) is 0. The first-order valence-corrected chi connectivity index (χ1v) is 9.12. The molecule has 26 heavy (non-hydrogen) atoms. The smallest absolute Gasteiger partial charge is 0.218 e. The summed E-state index contributed by atoms with van der Waals surface area (Å²) in [5, 5.41) is 0. The van der Waals surface area contributed by atoms with Crippen LogP contribution in [0.25, 0.3) is 0 Å². The highest BCUT2D eigenvalue weighted by Gasteiger charge is 2.38. The number of methoxy groups -OCH3 is 1. The summed E-state index contributed by atoms with van der Waals surface area (Å²) >= 11 is 0. The highest BCUT2D eigenvalue weighted by Crippen LogP contribution is 2.36. The SMILES string of the molecule is COc1cc(N2CCC3(CC2)COCCN(c2cccnc2)C3)ncn1. The van der Waals surface area contributed by atoms with Crippen LogP contribution in [0, 0.1) is 5.41 Å². The second-order valence-corrected chi connectivity index (χ2v) is 7.09. The largest absolute Gasteiger partial charge is 0.481 e. The Labute approximate surface area is 154 Å². The molecule has 2 saturated heterocycles. The second-order valence-electron chi connectivity index (χ2n) is 7.09. The highest BCUT2D eigenvalue weighted by atomic mass is 16.5. The summed E-state index contributed by atoms with van der Waals surface area (Å²) in [7, 11) is 1.63. The van der Waals surface area contributed by atoms with Gasteiger partial charge in [-0.15, -0.1) is 0 Å². The molecule has 2 aliphatic heterocycles. The van der Waals surface area contributed by atoms with E-state index in [1.54, 1.807) is 13.4 Å². The van der Waals surface area contributed by atoms with Crippen LogP contribution in [-0.4, -0.2) is 61.5 Å². The maximum Gasteiger partial charge on any atom is 0.218 e. The molecule has 138 valence electrons. The van der Waals surface area contributed by atoms with Gasteiger partial charge in [0.05, 0.1) is 32.2 Å². The van der Waals surface area contributed by atoms with Gasteiger partial charge in [0.2, 0.25) is 5.88 Å². The predicted octanol–water partition coefficient (Wildman–Crippen LogP) is 2.00. The van der Waals surface area contributed by atoms with Crippen molar-refractivity contribution in [3.8, 4) is 5.88 Å². The number of ether oxygens (including phenoxy) is 2. The van der Waals surface area contributed by atoms with Crippen LogP contribution in [0.3, 0.4) is 0 Å². The molecule has 0 bridgehead atoms. The van der Waals surface area contributed by atoms with Gasteiger partial charge in [-0.3, -0.25) is 4.98 Å². The van der Waals surface area contributed by atoms with E-state index >= 15 is 0 Å². The summed E-state index contributed by atoms with van der Waals surface area (Å²) in [5.74, 6) is 1.54. The van der Waals surface area contributed by atoms with Gasteiger partial charge in [-0.1, -0.05) is 0 Å². The molecular formula is C19H25N5O2. The fourth-order valence-corrected chi connectivity index (χ4v) is 3.88. The van der Waals surface area contributed by atoms with Crippen LogP contribution in [0.15, 0.2) is 36.9 Å². The Balaban J connectivity index is 1.46. The lowest BCUT2D eigenvalue weighted by molar-refractivity contribution is 0.0538. The van der Waals surface area contributed by atoms with Crippen LogP contribution in [0.4, 0.5) is 11.5 Å². The summed E-state index contributed by atoms with van der Waals surface area (Å²) in [6, 6.07) is 6.04. The lowest BCUT2D eigenvalue weighted by atomic mass is 9.78. The zero-order chi connectivity index (χ0) is 17.8. The van der Waals surface area contributed by atoms with Crippen LogP contribution in [-0.2, 0) is 4.74 Å². The van der Waals surface area contributed by atoms with E-state index in [0.29, 0.717) is 5.88 Å². The van der Waals surface area contributed by atoms with Crippen LogP contribution >= 0.6 is 0 Å². The molecule has 0 atom stereocenters. The summed E-state index contributed by atoms with van der Waals surface area (Å²) < 4.78 is 11.2. The fraction of sp³-hybridized carbons (Fsp3) is 0.526. The van der Waals surface area contributed by atoms with Crippen molar-refractivity contribution in [3.05, 3.63) is 36.9 Å². The molecule has 0 unspecified atom stereocenters. The van der Waals surface area contributed by atoms with Crippen molar-refractivity contribution >= 4 is 11.5 Å². The second kappa shape index (κ2) is 7.45. The predicted molar refractivity (Wildman–Crippen MR) is 99.7 cm³/mol.